The first kappa shape index (κ1) is 20.9. The topological polar surface area (TPSA) is 55.4 Å². The summed E-state index contributed by atoms with van der Waals surface area (Å²) in [4.78, 5) is 23.9. The van der Waals surface area contributed by atoms with Gasteiger partial charge in [-0.1, -0.05) is 53.4 Å². The molecule has 0 rings (SSSR count). The van der Waals surface area contributed by atoms with Crippen molar-refractivity contribution < 1.29 is 14.3 Å². The average Bonchev–Trinajstić information content (AvgIpc) is 2.53. The zero-order valence-electron chi connectivity index (χ0n) is 15.0. The van der Waals surface area contributed by atoms with Crippen LogP contribution >= 0.6 is 0 Å². The van der Waals surface area contributed by atoms with Crippen LogP contribution in [0.3, 0.4) is 0 Å². The molecule has 0 spiro atoms. The van der Waals surface area contributed by atoms with Gasteiger partial charge in [0.15, 0.2) is 0 Å². The first-order valence-corrected chi connectivity index (χ1v) is 9.04. The highest BCUT2D eigenvalue weighted by Gasteiger charge is 2.18. The molecule has 0 aromatic carbocycles. The molecular weight excluding hydrogens is 278 g/mol. The third-order valence-corrected chi connectivity index (χ3v) is 4.15. The second-order valence-electron chi connectivity index (χ2n) is 5.95. The molecule has 2 unspecified atom stereocenters. The van der Waals surface area contributed by atoms with Gasteiger partial charge in [-0.15, -0.1) is 0 Å². The van der Waals surface area contributed by atoms with Crippen LogP contribution in [0, 0.1) is 11.8 Å². The van der Waals surface area contributed by atoms with Crippen LogP contribution in [0.5, 0.6) is 0 Å². The Bertz CT molecular complexity index is 275. The molecule has 0 aromatic rings. The number of hydrogen-bond donors (Lipinski definition) is 1. The lowest BCUT2D eigenvalue weighted by Gasteiger charge is -2.16. The summed E-state index contributed by atoms with van der Waals surface area (Å²) < 4.78 is 5.28. The van der Waals surface area contributed by atoms with Gasteiger partial charge in [0.1, 0.15) is 6.61 Å². The smallest absolute Gasteiger partial charge is 0.308 e. The fourth-order valence-corrected chi connectivity index (χ4v) is 2.50. The minimum absolute atomic E-state index is 0.00333. The second kappa shape index (κ2) is 13.6. The molecule has 0 aliphatic rings. The Kier molecular flexibility index (Phi) is 12.9. The fraction of sp³-hybridized carbons (Fsp3) is 0.889. The Morgan fingerprint density at radius 1 is 0.909 bits per heavy atom. The van der Waals surface area contributed by atoms with Crippen LogP contribution in [0.25, 0.3) is 0 Å². The maximum atomic E-state index is 12.0. The maximum Gasteiger partial charge on any atom is 0.308 e. The van der Waals surface area contributed by atoms with E-state index in [0.29, 0.717) is 6.54 Å². The monoisotopic (exact) mass is 313 g/mol. The van der Waals surface area contributed by atoms with Gasteiger partial charge in [-0.3, -0.25) is 9.59 Å². The third kappa shape index (κ3) is 9.06. The highest BCUT2D eigenvalue weighted by atomic mass is 16.5. The van der Waals surface area contributed by atoms with E-state index >= 15 is 0 Å². The van der Waals surface area contributed by atoms with Crippen molar-refractivity contribution in [3.05, 3.63) is 0 Å². The van der Waals surface area contributed by atoms with Crippen molar-refractivity contribution >= 4 is 11.9 Å². The number of nitrogens with one attached hydrogen (secondary N) is 1. The lowest BCUT2D eigenvalue weighted by molar-refractivity contribution is -0.149. The molecule has 0 bridgehead atoms. The molecule has 0 fully saturated rings. The molecule has 4 heteroatoms. The maximum absolute atomic E-state index is 12.0. The van der Waals surface area contributed by atoms with Crippen molar-refractivity contribution in [3.63, 3.8) is 0 Å². The number of carbonyl (C=O) groups excluding carboxylic acids is 2. The zero-order chi connectivity index (χ0) is 16.8. The van der Waals surface area contributed by atoms with Crippen molar-refractivity contribution in [1.82, 2.24) is 5.32 Å². The Labute approximate surface area is 136 Å². The minimum Gasteiger partial charge on any atom is -0.464 e. The minimum atomic E-state index is -0.122. The standard InChI is InChI=1S/C18H35NO3/c1-5-9-11-15(7-3)17(20)19-13-14-22-18(21)16(8-4)12-10-6-2/h15-16H,5-14H2,1-4H3,(H,19,20). The Morgan fingerprint density at radius 2 is 1.45 bits per heavy atom. The van der Waals surface area contributed by atoms with E-state index in [-0.39, 0.29) is 30.3 Å². The summed E-state index contributed by atoms with van der Waals surface area (Å²) in [5.41, 5.74) is 0. The second-order valence-corrected chi connectivity index (χ2v) is 5.95. The number of unbranched alkanes of at least 4 members (excludes halogenated alkanes) is 2. The lowest BCUT2D eigenvalue weighted by Crippen LogP contribution is -2.34. The molecule has 4 nitrogen and oxygen atoms in total. The van der Waals surface area contributed by atoms with Crippen LogP contribution < -0.4 is 5.32 Å². The van der Waals surface area contributed by atoms with E-state index in [9.17, 15) is 9.59 Å². The number of carbonyl (C=O) groups is 2. The molecule has 0 heterocycles. The molecular formula is C18H35NO3. The molecule has 22 heavy (non-hydrogen) atoms. The SMILES string of the molecule is CCCCC(CC)C(=O)NCCOC(=O)C(CC)CCCC. The normalized spacial score (nSPS) is 13.5. The van der Waals surface area contributed by atoms with E-state index in [4.69, 9.17) is 4.74 Å². The van der Waals surface area contributed by atoms with Crippen LogP contribution in [0.4, 0.5) is 0 Å². The molecule has 0 saturated carbocycles. The van der Waals surface area contributed by atoms with Gasteiger partial charge in [0, 0.05) is 5.92 Å². The van der Waals surface area contributed by atoms with Crippen molar-refractivity contribution in [3.8, 4) is 0 Å². The van der Waals surface area contributed by atoms with Gasteiger partial charge in [-0.05, 0) is 25.7 Å². The first-order valence-electron chi connectivity index (χ1n) is 9.04. The van der Waals surface area contributed by atoms with E-state index in [0.717, 1.165) is 51.4 Å². The predicted molar refractivity (Wildman–Crippen MR) is 90.6 cm³/mol. The van der Waals surface area contributed by atoms with Crippen molar-refractivity contribution in [2.24, 2.45) is 11.8 Å². The number of rotatable bonds is 13. The van der Waals surface area contributed by atoms with Crippen LogP contribution in [-0.2, 0) is 14.3 Å². The molecule has 0 aliphatic carbocycles. The third-order valence-electron chi connectivity index (χ3n) is 4.15. The molecule has 130 valence electrons. The van der Waals surface area contributed by atoms with E-state index in [1.807, 2.05) is 13.8 Å². The molecule has 0 saturated heterocycles. The number of ether oxygens (including phenoxy) is 1. The highest BCUT2D eigenvalue weighted by molar-refractivity contribution is 5.78. The van der Waals surface area contributed by atoms with Gasteiger partial charge in [-0.2, -0.15) is 0 Å². The van der Waals surface area contributed by atoms with Gasteiger partial charge < -0.3 is 10.1 Å². The number of hydrogen-bond acceptors (Lipinski definition) is 3. The van der Waals surface area contributed by atoms with Crippen molar-refractivity contribution in [2.45, 2.75) is 79.1 Å². The van der Waals surface area contributed by atoms with Crippen LogP contribution in [-0.4, -0.2) is 25.0 Å². The lowest BCUT2D eigenvalue weighted by atomic mass is 9.98. The van der Waals surface area contributed by atoms with Crippen LogP contribution in [0.2, 0.25) is 0 Å². The molecule has 1 N–H and O–H groups in total. The molecule has 1 amide bonds. The summed E-state index contributed by atoms with van der Waals surface area (Å²) in [7, 11) is 0. The Balaban J connectivity index is 3.94. The van der Waals surface area contributed by atoms with Crippen LogP contribution in [0.15, 0.2) is 0 Å². The fourth-order valence-electron chi connectivity index (χ4n) is 2.50. The number of amides is 1. The Morgan fingerprint density at radius 3 is 1.95 bits per heavy atom. The molecule has 0 radical (unpaired) electrons. The number of esters is 1. The summed E-state index contributed by atoms with van der Waals surface area (Å²) >= 11 is 0. The van der Waals surface area contributed by atoms with Gasteiger partial charge >= 0.3 is 5.97 Å². The van der Waals surface area contributed by atoms with E-state index < -0.39 is 0 Å². The summed E-state index contributed by atoms with van der Waals surface area (Å²) in [5.74, 6) is 0.0560. The summed E-state index contributed by atoms with van der Waals surface area (Å²) in [6.45, 7) is 9.00. The summed E-state index contributed by atoms with van der Waals surface area (Å²) in [6, 6.07) is 0. The van der Waals surface area contributed by atoms with E-state index in [1.165, 1.54) is 0 Å². The zero-order valence-corrected chi connectivity index (χ0v) is 15.0. The van der Waals surface area contributed by atoms with Gasteiger partial charge in [0.05, 0.1) is 12.5 Å². The van der Waals surface area contributed by atoms with Gasteiger partial charge in [-0.25, -0.2) is 0 Å². The molecule has 0 aromatic heterocycles. The Hall–Kier alpha value is -1.06. The largest absolute Gasteiger partial charge is 0.464 e. The van der Waals surface area contributed by atoms with E-state index in [2.05, 4.69) is 19.2 Å². The molecule has 0 aliphatic heterocycles. The summed E-state index contributed by atoms with van der Waals surface area (Å²) in [5, 5.41) is 2.88. The highest BCUT2D eigenvalue weighted by Crippen LogP contribution is 2.14. The predicted octanol–water partition coefficient (Wildman–Crippen LogP) is 4.08. The van der Waals surface area contributed by atoms with Gasteiger partial charge in [0.2, 0.25) is 5.91 Å². The van der Waals surface area contributed by atoms with Crippen molar-refractivity contribution in [1.29, 1.82) is 0 Å². The quantitative estimate of drug-likeness (QED) is 0.412. The molecule has 2 atom stereocenters. The summed E-state index contributed by atoms with van der Waals surface area (Å²) in [6.07, 6.45) is 7.85. The van der Waals surface area contributed by atoms with Crippen LogP contribution in [0.1, 0.15) is 79.1 Å². The first-order chi connectivity index (χ1) is 10.6. The average molecular weight is 313 g/mol. The van der Waals surface area contributed by atoms with Crippen molar-refractivity contribution in [2.75, 3.05) is 13.2 Å². The van der Waals surface area contributed by atoms with Gasteiger partial charge in [0.25, 0.3) is 0 Å². The van der Waals surface area contributed by atoms with E-state index in [1.54, 1.807) is 0 Å².